The van der Waals surface area contributed by atoms with Crippen molar-refractivity contribution in [3.05, 3.63) is 60.6 Å². The SMILES string of the molecule is COC(=O)c1c(NC(=O)c2ccc(Br)s2)sc(Cc2ccc3c(c2)OCO3)c1C. The number of anilines is 1. The van der Waals surface area contributed by atoms with Gasteiger partial charge in [0, 0.05) is 11.3 Å². The minimum Gasteiger partial charge on any atom is -0.465 e. The van der Waals surface area contributed by atoms with Crippen LogP contribution in [0.4, 0.5) is 5.00 Å². The summed E-state index contributed by atoms with van der Waals surface area (Å²) in [5.74, 6) is 0.698. The van der Waals surface area contributed by atoms with E-state index < -0.39 is 5.97 Å². The van der Waals surface area contributed by atoms with Crippen LogP contribution in [0.3, 0.4) is 0 Å². The van der Waals surface area contributed by atoms with Gasteiger partial charge in [0.1, 0.15) is 5.00 Å². The Bertz CT molecular complexity index is 1100. The Morgan fingerprint density at radius 3 is 2.69 bits per heavy atom. The first kappa shape index (κ1) is 19.9. The summed E-state index contributed by atoms with van der Waals surface area (Å²) < 4.78 is 16.6. The highest BCUT2D eigenvalue weighted by Gasteiger charge is 2.24. The molecule has 0 radical (unpaired) electrons. The fourth-order valence-electron chi connectivity index (χ4n) is 3.00. The van der Waals surface area contributed by atoms with Gasteiger partial charge < -0.3 is 19.5 Å². The molecule has 0 saturated carbocycles. The lowest BCUT2D eigenvalue weighted by Crippen LogP contribution is -2.13. The fourth-order valence-corrected chi connectivity index (χ4v) is 5.51. The Hall–Kier alpha value is -2.36. The van der Waals surface area contributed by atoms with Gasteiger partial charge in [0.2, 0.25) is 6.79 Å². The molecule has 1 amide bonds. The average Bonchev–Trinajstić information content (AvgIpc) is 3.41. The van der Waals surface area contributed by atoms with Crippen LogP contribution in [0.2, 0.25) is 0 Å². The van der Waals surface area contributed by atoms with E-state index in [0.717, 1.165) is 25.5 Å². The molecule has 0 unspecified atom stereocenters. The second-order valence-corrected chi connectivity index (χ2v) is 9.84. The number of halogens is 1. The van der Waals surface area contributed by atoms with Crippen molar-refractivity contribution in [2.45, 2.75) is 13.3 Å². The van der Waals surface area contributed by atoms with E-state index in [4.69, 9.17) is 14.2 Å². The van der Waals surface area contributed by atoms with E-state index in [1.54, 1.807) is 6.07 Å². The summed E-state index contributed by atoms with van der Waals surface area (Å²) in [5, 5.41) is 3.35. The normalized spacial score (nSPS) is 12.1. The standard InChI is InChI=1S/C20H16BrNO5S2/c1-10-15(8-11-3-4-12-13(7-11)27-9-26-12)29-19(17(10)20(24)25-2)22-18(23)14-5-6-16(21)28-14/h3-7H,8-9H2,1-2H3,(H,22,23). The van der Waals surface area contributed by atoms with Crippen molar-refractivity contribution >= 4 is 55.5 Å². The zero-order valence-electron chi connectivity index (χ0n) is 15.5. The maximum absolute atomic E-state index is 12.6. The number of ether oxygens (including phenoxy) is 3. The maximum Gasteiger partial charge on any atom is 0.341 e. The van der Waals surface area contributed by atoms with Crippen LogP contribution in [0, 0.1) is 6.92 Å². The number of carbonyl (C=O) groups is 2. The summed E-state index contributed by atoms with van der Waals surface area (Å²) >= 11 is 6.06. The molecule has 3 aromatic rings. The lowest BCUT2D eigenvalue weighted by atomic mass is 10.1. The molecule has 150 valence electrons. The van der Waals surface area contributed by atoms with E-state index in [1.807, 2.05) is 31.2 Å². The van der Waals surface area contributed by atoms with Crippen LogP contribution >= 0.6 is 38.6 Å². The van der Waals surface area contributed by atoms with Gasteiger partial charge >= 0.3 is 5.97 Å². The average molecular weight is 494 g/mol. The molecule has 0 atom stereocenters. The molecule has 3 heterocycles. The van der Waals surface area contributed by atoms with Crippen molar-refractivity contribution in [2.24, 2.45) is 0 Å². The van der Waals surface area contributed by atoms with Crippen molar-refractivity contribution < 1.29 is 23.8 Å². The summed E-state index contributed by atoms with van der Waals surface area (Å²) in [5.41, 5.74) is 2.20. The summed E-state index contributed by atoms with van der Waals surface area (Å²) in [6.45, 7) is 2.08. The molecule has 0 spiro atoms. The third kappa shape index (κ3) is 4.03. The quantitative estimate of drug-likeness (QED) is 0.492. The molecule has 0 bridgehead atoms. The molecule has 9 heteroatoms. The number of hydrogen-bond acceptors (Lipinski definition) is 7. The molecular formula is C20H16BrNO5S2. The number of thiophene rings is 2. The van der Waals surface area contributed by atoms with Gasteiger partial charge in [0.15, 0.2) is 11.5 Å². The highest BCUT2D eigenvalue weighted by atomic mass is 79.9. The maximum atomic E-state index is 12.6. The van der Waals surface area contributed by atoms with Crippen molar-refractivity contribution in [1.82, 2.24) is 0 Å². The van der Waals surface area contributed by atoms with Crippen LogP contribution in [0.15, 0.2) is 34.1 Å². The molecule has 29 heavy (non-hydrogen) atoms. The molecule has 1 aromatic carbocycles. The van der Waals surface area contributed by atoms with Crippen molar-refractivity contribution in [1.29, 1.82) is 0 Å². The molecule has 2 aromatic heterocycles. The Morgan fingerprint density at radius 2 is 1.97 bits per heavy atom. The minimum atomic E-state index is -0.474. The van der Waals surface area contributed by atoms with Crippen LogP contribution < -0.4 is 14.8 Å². The molecule has 1 aliphatic heterocycles. The molecule has 6 nitrogen and oxygen atoms in total. The molecule has 0 fully saturated rings. The van der Waals surface area contributed by atoms with E-state index in [9.17, 15) is 9.59 Å². The monoisotopic (exact) mass is 493 g/mol. The van der Waals surface area contributed by atoms with Crippen LogP contribution in [0.1, 0.15) is 36.0 Å². The third-order valence-corrected chi connectivity index (χ3v) is 7.29. The van der Waals surface area contributed by atoms with Gasteiger partial charge in [-0.2, -0.15) is 0 Å². The third-order valence-electron chi connectivity index (χ3n) is 4.46. The molecular weight excluding hydrogens is 478 g/mol. The van der Waals surface area contributed by atoms with E-state index in [0.29, 0.717) is 27.6 Å². The van der Waals surface area contributed by atoms with E-state index in [1.165, 1.54) is 29.8 Å². The second-order valence-electron chi connectivity index (χ2n) is 6.27. The summed E-state index contributed by atoms with van der Waals surface area (Å²) in [6.07, 6.45) is 0.595. The Balaban J connectivity index is 1.64. The largest absolute Gasteiger partial charge is 0.465 e. The van der Waals surface area contributed by atoms with E-state index in [2.05, 4.69) is 21.2 Å². The molecule has 0 saturated heterocycles. The molecule has 1 aliphatic rings. The van der Waals surface area contributed by atoms with Crippen molar-refractivity contribution in [3.63, 3.8) is 0 Å². The number of benzene rings is 1. The zero-order valence-corrected chi connectivity index (χ0v) is 18.8. The van der Waals surface area contributed by atoms with Crippen molar-refractivity contribution in [3.8, 4) is 11.5 Å². The number of nitrogens with one attached hydrogen (secondary N) is 1. The number of methoxy groups -OCH3 is 1. The van der Waals surface area contributed by atoms with Gasteiger partial charge in [-0.1, -0.05) is 6.07 Å². The Kier molecular flexibility index (Phi) is 5.62. The summed E-state index contributed by atoms with van der Waals surface area (Å²) in [6, 6.07) is 9.31. The lowest BCUT2D eigenvalue weighted by molar-refractivity contribution is 0.0601. The van der Waals surface area contributed by atoms with Gasteiger partial charge in [0.25, 0.3) is 5.91 Å². The van der Waals surface area contributed by atoms with Crippen LogP contribution in [-0.4, -0.2) is 25.8 Å². The van der Waals surface area contributed by atoms with Crippen LogP contribution in [-0.2, 0) is 11.2 Å². The summed E-state index contributed by atoms with van der Waals surface area (Å²) in [4.78, 5) is 26.5. The minimum absolute atomic E-state index is 0.221. The fraction of sp³-hybridized carbons (Fsp3) is 0.200. The highest BCUT2D eigenvalue weighted by Crippen LogP contribution is 2.38. The highest BCUT2D eigenvalue weighted by molar-refractivity contribution is 9.11. The van der Waals surface area contributed by atoms with Gasteiger partial charge in [-0.15, -0.1) is 22.7 Å². The smallest absolute Gasteiger partial charge is 0.341 e. The van der Waals surface area contributed by atoms with Crippen LogP contribution in [0.25, 0.3) is 0 Å². The van der Waals surface area contributed by atoms with E-state index >= 15 is 0 Å². The number of carbonyl (C=O) groups excluding carboxylic acids is 2. The lowest BCUT2D eigenvalue weighted by Gasteiger charge is -2.05. The zero-order chi connectivity index (χ0) is 20.5. The van der Waals surface area contributed by atoms with Crippen molar-refractivity contribution in [2.75, 3.05) is 19.2 Å². The predicted molar refractivity (Wildman–Crippen MR) is 116 cm³/mol. The second kappa shape index (κ2) is 8.17. The number of rotatable bonds is 5. The number of fused-ring (bicyclic) bond motifs is 1. The summed E-state index contributed by atoms with van der Waals surface area (Å²) in [7, 11) is 1.33. The van der Waals surface area contributed by atoms with Gasteiger partial charge in [-0.25, -0.2) is 4.79 Å². The number of hydrogen-bond donors (Lipinski definition) is 1. The molecule has 0 aliphatic carbocycles. The number of esters is 1. The van der Waals surface area contributed by atoms with Gasteiger partial charge in [-0.3, -0.25) is 4.79 Å². The van der Waals surface area contributed by atoms with Crippen LogP contribution in [0.5, 0.6) is 11.5 Å². The predicted octanol–water partition coefficient (Wildman–Crippen LogP) is 5.24. The first-order chi connectivity index (χ1) is 14.0. The Morgan fingerprint density at radius 1 is 1.17 bits per heavy atom. The first-order valence-corrected chi connectivity index (χ1v) is 11.0. The number of amides is 1. The van der Waals surface area contributed by atoms with Gasteiger partial charge in [0.05, 0.1) is 21.3 Å². The molecule has 4 rings (SSSR count). The first-order valence-electron chi connectivity index (χ1n) is 8.62. The van der Waals surface area contributed by atoms with Gasteiger partial charge in [-0.05, 0) is 58.2 Å². The van der Waals surface area contributed by atoms with E-state index in [-0.39, 0.29) is 12.7 Å². The Labute approximate surface area is 183 Å². The topological polar surface area (TPSA) is 73.9 Å². The molecule has 1 N–H and O–H groups in total.